The fourth-order valence-corrected chi connectivity index (χ4v) is 3.22. The normalized spacial score (nSPS) is 16.3. The van der Waals surface area contributed by atoms with Crippen molar-refractivity contribution in [2.24, 2.45) is 0 Å². The second kappa shape index (κ2) is 7.16. The van der Waals surface area contributed by atoms with E-state index < -0.39 is 6.09 Å². The van der Waals surface area contributed by atoms with E-state index in [1.807, 2.05) is 47.1 Å². The van der Waals surface area contributed by atoms with Gasteiger partial charge in [0.05, 0.1) is 25.4 Å². The molecule has 3 aromatic rings. The quantitative estimate of drug-likeness (QED) is 0.654. The van der Waals surface area contributed by atoms with Crippen LogP contribution in [0.2, 0.25) is 0 Å². The van der Waals surface area contributed by atoms with Crippen molar-refractivity contribution in [1.29, 1.82) is 0 Å². The van der Waals surface area contributed by atoms with Gasteiger partial charge < -0.3 is 29.6 Å². The van der Waals surface area contributed by atoms with Crippen LogP contribution in [0.5, 0.6) is 11.5 Å². The Morgan fingerprint density at radius 3 is 3.11 bits per heavy atom. The van der Waals surface area contributed by atoms with Crippen molar-refractivity contribution in [2.75, 3.05) is 13.7 Å². The van der Waals surface area contributed by atoms with Crippen LogP contribution in [-0.2, 0) is 13.1 Å². The van der Waals surface area contributed by atoms with Crippen molar-refractivity contribution in [1.82, 2.24) is 20.0 Å². The number of hydrogen-bond acceptors (Lipinski definition) is 5. The molecule has 3 N–H and O–H groups in total. The predicted octanol–water partition coefficient (Wildman–Crippen LogP) is 2.33. The number of ether oxygens (including phenoxy) is 2. The largest absolute Gasteiger partial charge is 0.493 e. The van der Waals surface area contributed by atoms with Gasteiger partial charge in [0.1, 0.15) is 12.3 Å². The van der Waals surface area contributed by atoms with Gasteiger partial charge in [-0.1, -0.05) is 18.2 Å². The summed E-state index contributed by atoms with van der Waals surface area (Å²) in [4.78, 5) is 15.1. The third kappa shape index (κ3) is 3.52. The maximum atomic E-state index is 10.6. The van der Waals surface area contributed by atoms with E-state index in [4.69, 9.17) is 14.6 Å². The van der Waals surface area contributed by atoms with Crippen LogP contribution in [0, 0.1) is 0 Å². The number of nitrogens with zero attached hydrogens (tertiary/aromatic N) is 2. The molecule has 1 aliphatic rings. The molecular formula is C19H20N4O4. The summed E-state index contributed by atoms with van der Waals surface area (Å²) in [6.07, 6.45) is 2.74. The lowest BCUT2D eigenvalue weighted by molar-refractivity contribution is 0.194. The second-order valence-electron chi connectivity index (χ2n) is 6.31. The van der Waals surface area contributed by atoms with Gasteiger partial charge in [-0.25, -0.2) is 9.78 Å². The molecule has 0 bridgehead atoms. The van der Waals surface area contributed by atoms with Crippen LogP contribution >= 0.6 is 0 Å². The number of carbonyl (C=O) groups is 1. The molecular weight excluding hydrogens is 348 g/mol. The van der Waals surface area contributed by atoms with Gasteiger partial charge in [-0.05, 0) is 17.7 Å². The number of rotatable bonds is 4. The Morgan fingerprint density at radius 1 is 1.41 bits per heavy atom. The summed E-state index contributed by atoms with van der Waals surface area (Å²) >= 11 is 0. The molecule has 0 saturated carbocycles. The summed E-state index contributed by atoms with van der Waals surface area (Å²) in [5.41, 5.74) is 3.55. The highest BCUT2D eigenvalue weighted by atomic mass is 16.5. The monoisotopic (exact) mass is 368 g/mol. The van der Waals surface area contributed by atoms with Crippen LogP contribution in [-0.4, -0.2) is 34.3 Å². The number of para-hydroxylation sites is 1. The standard InChI is InChI=1S/C19H20N4O4/c1-26-16-4-2-3-12-7-20-15(11-27-18(12)16)13-5-6-17-22-14(8-21-19(24)25)10-23(17)9-13/h2-6,9-10,15,20-21H,7-8,11H2,1H3,(H,24,25). The Labute approximate surface area is 155 Å². The zero-order valence-electron chi connectivity index (χ0n) is 14.8. The maximum absolute atomic E-state index is 10.6. The van der Waals surface area contributed by atoms with Crippen LogP contribution in [0.4, 0.5) is 4.79 Å². The molecule has 27 heavy (non-hydrogen) atoms. The van der Waals surface area contributed by atoms with Gasteiger partial charge in [0, 0.05) is 24.5 Å². The number of benzene rings is 1. The topological polar surface area (TPSA) is 97.1 Å². The number of carboxylic acid groups (broad SMARTS) is 1. The molecule has 1 unspecified atom stereocenters. The lowest BCUT2D eigenvalue weighted by atomic mass is 10.1. The number of pyridine rings is 1. The van der Waals surface area contributed by atoms with E-state index in [1.165, 1.54) is 0 Å². The highest BCUT2D eigenvalue weighted by Gasteiger charge is 2.21. The SMILES string of the molecule is COc1cccc2c1OCC(c1ccc3nc(CNC(=O)O)cn3c1)NC2. The Bertz CT molecular complexity index is 985. The van der Waals surface area contributed by atoms with Gasteiger partial charge in [0.25, 0.3) is 0 Å². The average Bonchev–Trinajstić information content (AvgIpc) is 2.96. The highest BCUT2D eigenvalue weighted by molar-refractivity contribution is 5.64. The van der Waals surface area contributed by atoms with E-state index in [1.54, 1.807) is 7.11 Å². The van der Waals surface area contributed by atoms with Gasteiger partial charge >= 0.3 is 6.09 Å². The first-order valence-electron chi connectivity index (χ1n) is 8.60. The molecule has 1 amide bonds. The first-order valence-corrected chi connectivity index (χ1v) is 8.60. The van der Waals surface area contributed by atoms with Crippen molar-refractivity contribution in [2.45, 2.75) is 19.1 Å². The Kier molecular flexibility index (Phi) is 4.55. The minimum atomic E-state index is -1.07. The van der Waals surface area contributed by atoms with Crippen molar-refractivity contribution in [3.8, 4) is 11.5 Å². The van der Waals surface area contributed by atoms with E-state index in [0.29, 0.717) is 18.8 Å². The summed E-state index contributed by atoms with van der Waals surface area (Å²) in [5, 5.41) is 14.6. The number of fused-ring (bicyclic) bond motifs is 2. The smallest absolute Gasteiger partial charge is 0.404 e. The molecule has 0 aliphatic carbocycles. The molecule has 2 aromatic heterocycles. The van der Waals surface area contributed by atoms with Crippen LogP contribution in [0.25, 0.3) is 5.65 Å². The van der Waals surface area contributed by atoms with Crippen molar-refractivity contribution >= 4 is 11.7 Å². The average molecular weight is 368 g/mol. The number of aromatic nitrogens is 2. The van der Waals surface area contributed by atoms with Gasteiger partial charge in [-0.2, -0.15) is 0 Å². The van der Waals surface area contributed by atoms with Crippen LogP contribution in [0.3, 0.4) is 0 Å². The molecule has 8 nitrogen and oxygen atoms in total. The number of nitrogens with one attached hydrogen (secondary N) is 2. The lowest BCUT2D eigenvalue weighted by Gasteiger charge is -2.16. The minimum Gasteiger partial charge on any atom is -0.493 e. The van der Waals surface area contributed by atoms with Crippen molar-refractivity contribution in [3.63, 3.8) is 0 Å². The Morgan fingerprint density at radius 2 is 2.30 bits per heavy atom. The molecule has 0 saturated heterocycles. The first-order chi connectivity index (χ1) is 13.1. The van der Waals surface area contributed by atoms with Crippen molar-refractivity contribution < 1.29 is 19.4 Å². The molecule has 0 radical (unpaired) electrons. The minimum absolute atomic E-state index is 0.00880. The van der Waals surface area contributed by atoms with Gasteiger partial charge in [-0.3, -0.25) is 0 Å². The summed E-state index contributed by atoms with van der Waals surface area (Å²) in [7, 11) is 1.64. The number of methoxy groups -OCH3 is 1. The fourth-order valence-electron chi connectivity index (χ4n) is 3.22. The summed E-state index contributed by atoms with van der Waals surface area (Å²) < 4.78 is 13.3. The van der Waals surface area contributed by atoms with Gasteiger partial charge in [0.15, 0.2) is 11.5 Å². The zero-order chi connectivity index (χ0) is 18.8. The zero-order valence-corrected chi connectivity index (χ0v) is 14.8. The Balaban J connectivity index is 1.55. The molecule has 1 aromatic carbocycles. The number of hydrogen-bond donors (Lipinski definition) is 3. The molecule has 3 heterocycles. The van der Waals surface area contributed by atoms with Gasteiger partial charge in [-0.15, -0.1) is 0 Å². The van der Waals surface area contributed by atoms with Crippen LogP contribution in [0.1, 0.15) is 22.9 Å². The lowest BCUT2D eigenvalue weighted by Crippen LogP contribution is -2.23. The summed E-state index contributed by atoms with van der Waals surface area (Å²) in [6.45, 7) is 1.32. The molecule has 4 rings (SSSR count). The summed E-state index contributed by atoms with van der Waals surface area (Å²) in [5.74, 6) is 1.51. The van der Waals surface area contributed by atoms with E-state index in [2.05, 4.69) is 15.6 Å². The van der Waals surface area contributed by atoms with E-state index in [-0.39, 0.29) is 12.6 Å². The molecule has 0 fully saturated rings. The second-order valence-corrected chi connectivity index (χ2v) is 6.31. The molecule has 0 spiro atoms. The Hall–Kier alpha value is -3.26. The molecule has 140 valence electrons. The molecule has 1 atom stereocenters. The highest BCUT2D eigenvalue weighted by Crippen LogP contribution is 2.34. The van der Waals surface area contributed by atoms with E-state index >= 15 is 0 Å². The van der Waals surface area contributed by atoms with Crippen LogP contribution < -0.4 is 20.1 Å². The van der Waals surface area contributed by atoms with Gasteiger partial charge in [0.2, 0.25) is 0 Å². The number of imidazole rings is 1. The third-order valence-electron chi connectivity index (χ3n) is 4.56. The number of amides is 1. The summed E-state index contributed by atoms with van der Waals surface area (Å²) in [6, 6.07) is 9.80. The van der Waals surface area contributed by atoms with Crippen LogP contribution in [0.15, 0.2) is 42.7 Å². The van der Waals surface area contributed by atoms with Crippen molar-refractivity contribution in [3.05, 3.63) is 59.5 Å². The maximum Gasteiger partial charge on any atom is 0.404 e. The predicted molar refractivity (Wildman–Crippen MR) is 98.1 cm³/mol. The molecule has 8 heteroatoms. The third-order valence-corrected chi connectivity index (χ3v) is 4.56. The van der Waals surface area contributed by atoms with E-state index in [0.717, 1.165) is 28.3 Å². The first kappa shape index (κ1) is 17.2. The molecule has 1 aliphatic heterocycles. The van der Waals surface area contributed by atoms with E-state index in [9.17, 15) is 4.79 Å². The fraction of sp³-hybridized carbons (Fsp3) is 0.263.